The number of nitrogens with one attached hydrogen (secondary N) is 1. The first kappa shape index (κ1) is 11.6. The van der Waals surface area contributed by atoms with E-state index in [-0.39, 0.29) is 0 Å². The van der Waals surface area contributed by atoms with Crippen LogP contribution in [0.25, 0.3) is 0 Å². The van der Waals surface area contributed by atoms with E-state index in [9.17, 15) is 8.76 Å². The lowest BCUT2D eigenvalue weighted by molar-refractivity contribution is 0.483. The molecular weight excluding hydrogens is 238 g/mol. The van der Waals surface area contributed by atoms with Gasteiger partial charge in [0.1, 0.15) is 11.5 Å². The highest BCUT2D eigenvalue weighted by molar-refractivity contribution is 7.80. The SMILES string of the molecule is O=S([O-])Nc1ccc(Oc2ccccc2)cc1. The minimum atomic E-state index is -2.30. The van der Waals surface area contributed by atoms with Crippen molar-refractivity contribution < 1.29 is 13.5 Å². The third kappa shape index (κ3) is 3.58. The molecule has 1 atom stereocenters. The molecule has 17 heavy (non-hydrogen) atoms. The molecule has 88 valence electrons. The van der Waals surface area contributed by atoms with Gasteiger partial charge in [-0.05, 0) is 36.4 Å². The van der Waals surface area contributed by atoms with Gasteiger partial charge in [0.05, 0.1) is 0 Å². The lowest BCUT2D eigenvalue weighted by Crippen LogP contribution is -2.01. The number of ether oxygens (including phenoxy) is 1. The first-order valence-electron chi connectivity index (χ1n) is 4.93. The summed E-state index contributed by atoms with van der Waals surface area (Å²) in [6, 6.07) is 16.0. The summed E-state index contributed by atoms with van der Waals surface area (Å²) in [5.74, 6) is 1.39. The maximum absolute atomic E-state index is 10.4. The molecule has 0 heterocycles. The Morgan fingerprint density at radius 1 is 0.941 bits per heavy atom. The van der Waals surface area contributed by atoms with Crippen LogP contribution in [0.4, 0.5) is 5.69 Å². The highest BCUT2D eigenvalue weighted by Gasteiger charge is 1.96. The summed E-state index contributed by atoms with van der Waals surface area (Å²) >= 11 is -2.30. The second-order valence-corrected chi connectivity index (χ2v) is 3.95. The number of para-hydroxylation sites is 1. The van der Waals surface area contributed by atoms with E-state index in [1.54, 1.807) is 24.3 Å². The van der Waals surface area contributed by atoms with Gasteiger partial charge in [-0.1, -0.05) is 18.2 Å². The minimum Gasteiger partial charge on any atom is -0.755 e. The summed E-state index contributed by atoms with van der Waals surface area (Å²) in [6.07, 6.45) is 0. The van der Waals surface area contributed by atoms with Gasteiger partial charge in [0.2, 0.25) is 0 Å². The molecule has 0 bridgehead atoms. The highest BCUT2D eigenvalue weighted by atomic mass is 32.2. The van der Waals surface area contributed by atoms with Crippen LogP contribution >= 0.6 is 0 Å². The van der Waals surface area contributed by atoms with Crippen molar-refractivity contribution in [3.63, 3.8) is 0 Å². The summed E-state index contributed by atoms with van der Waals surface area (Å²) in [4.78, 5) is 0. The molecule has 1 unspecified atom stereocenters. The normalized spacial score (nSPS) is 11.8. The number of anilines is 1. The van der Waals surface area contributed by atoms with E-state index in [2.05, 4.69) is 4.72 Å². The molecule has 0 saturated heterocycles. The minimum absolute atomic E-state index is 0.499. The van der Waals surface area contributed by atoms with Crippen molar-refractivity contribution >= 4 is 17.0 Å². The van der Waals surface area contributed by atoms with Gasteiger partial charge in [0.25, 0.3) is 0 Å². The average molecular weight is 248 g/mol. The quantitative estimate of drug-likeness (QED) is 0.846. The maximum atomic E-state index is 10.4. The Labute approximate surface area is 102 Å². The maximum Gasteiger partial charge on any atom is 0.127 e. The highest BCUT2D eigenvalue weighted by Crippen LogP contribution is 2.22. The molecular formula is C12H10NO3S-. The van der Waals surface area contributed by atoms with E-state index in [0.717, 1.165) is 5.75 Å². The zero-order chi connectivity index (χ0) is 12.1. The summed E-state index contributed by atoms with van der Waals surface area (Å²) in [7, 11) is 0. The molecule has 0 aliphatic heterocycles. The Morgan fingerprint density at radius 2 is 1.53 bits per heavy atom. The van der Waals surface area contributed by atoms with Crippen molar-refractivity contribution in [2.75, 3.05) is 4.72 Å². The van der Waals surface area contributed by atoms with E-state index in [1.807, 2.05) is 30.3 Å². The molecule has 5 heteroatoms. The van der Waals surface area contributed by atoms with Gasteiger partial charge in [-0.2, -0.15) is 0 Å². The lowest BCUT2D eigenvalue weighted by Gasteiger charge is -2.09. The Hall–Kier alpha value is -1.85. The molecule has 0 aliphatic carbocycles. The molecule has 0 saturated carbocycles. The molecule has 0 aromatic heterocycles. The third-order valence-corrected chi connectivity index (χ3v) is 2.44. The van der Waals surface area contributed by atoms with Crippen molar-refractivity contribution in [3.05, 3.63) is 54.6 Å². The molecule has 0 spiro atoms. The fourth-order valence-corrected chi connectivity index (χ4v) is 1.64. The van der Waals surface area contributed by atoms with Crippen LogP contribution in [0.15, 0.2) is 54.6 Å². The Kier molecular flexibility index (Phi) is 3.74. The fourth-order valence-electron chi connectivity index (χ4n) is 1.31. The lowest BCUT2D eigenvalue weighted by atomic mass is 10.3. The van der Waals surface area contributed by atoms with Gasteiger partial charge in [0, 0.05) is 17.0 Å². The third-order valence-electron chi connectivity index (χ3n) is 2.03. The van der Waals surface area contributed by atoms with E-state index < -0.39 is 11.3 Å². The van der Waals surface area contributed by atoms with Gasteiger partial charge in [-0.15, -0.1) is 0 Å². The number of hydrogen-bond donors (Lipinski definition) is 1. The molecule has 2 aromatic carbocycles. The molecule has 1 N–H and O–H groups in total. The van der Waals surface area contributed by atoms with E-state index in [4.69, 9.17) is 4.74 Å². The van der Waals surface area contributed by atoms with Crippen molar-refractivity contribution in [2.45, 2.75) is 0 Å². The van der Waals surface area contributed by atoms with Crippen LogP contribution < -0.4 is 9.46 Å². The van der Waals surface area contributed by atoms with Crippen LogP contribution in [0.1, 0.15) is 0 Å². The zero-order valence-electron chi connectivity index (χ0n) is 8.83. The van der Waals surface area contributed by atoms with Crippen molar-refractivity contribution in [3.8, 4) is 11.5 Å². The molecule has 0 amide bonds. The topological polar surface area (TPSA) is 61.4 Å². The van der Waals surface area contributed by atoms with E-state index >= 15 is 0 Å². The molecule has 0 fully saturated rings. The molecule has 4 nitrogen and oxygen atoms in total. The average Bonchev–Trinajstić information content (AvgIpc) is 2.32. The zero-order valence-corrected chi connectivity index (χ0v) is 9.65. The van der Waals surface area contributed by atoms with Crippen molar-refractivity contribution in [1.29, 1.82) is 0 Å². The Bertz CT molecular complexity index is 499. The van der Waals surface area contributed by atoms with Gasteiger partial charge in [-0.25, -0.2) is 0 Å². The van der Waals surface area contributed by atoms with E-state index in [1.165, 1.54) is 0 Å². The van der Waals surface area contributed by atoms with Crippen LogP contribution in [-0.4, -0.2) is 8.76 Å². The predicted octanol–water partition coefficient (Wildman–Crippen LogP) is 2.68. The standard InChI is InChI=1S/C12H11NO3S/c14-17(15)13-10-6-8-12(9-7-10)16-11-4-2-1-3-5-11/h1-9,13H,(H,14,15)/p-1. The summed E-state index contributed by atoms with van der Waals surface area (Å²) in [5, 5.41) is 0. The first-order valence-corrected chi connectivity index (χ1v) is 6.00. The van der Waals surface area contributed by atoms with Crippen LogP contribution in [0.5, 0.6) is 11.5 Å². The molecule has 2 rings (SSSR count). The smallest absolute Gasteiger partial charge is 0.127 e. The Balaban J connectivity index is 2.06. The number of benzene rings is 2. The van der Waals surface area contributed by atoms with Crippen molar-refractivity contribution in [2.24, 2.45) is 0 Å². The molecule has 0 radical (unpaired) electrons. The monoisotopic (exact) mass is 248 g/mol. The number of hydrogen-bond acceptors (Lipinski definition) is 3. The van der Waals surface area contributed by atoms with Crippen LogP contribution in [0, 0.1) is 0 Å². The van der Waals surface area contributed by atoms with Crippen LogP contribution in [0.2, 0.25) is 0 Å². The van der Waals surface area contributed by atoms with Crippen LogP contribution in [0.3, 0.4) is 0 Å². The molecule has 2 aromatic rings. The Morgan fingerprint density at radius 3 is 2.12 bits per heavy atom. The van der Waals surface area contributed by atoms with Crippen molar-refractivity contribution in [1.82, 2.24) is 0 Å². The fraction of sp³-hybridized carbons (Fsp3) is 0. The molecule has 0 aliphatic rings. The van der Waals surface area contributed by atoms with Crippen LogP contribution in [-0.2, 0) is 11.3 Å². The second-order valence-electron chi connectivity index (χ2n) is 3.28. The first-order chi connectivity index (χ1) is 8.24. The summed E-state index contributed by atoms with van der Waals surface area (Å²) in [5.41, 5.74) is 0.499. The van der Waals surface area contributed by atoms with Gasteiger partial charge >= 0.3 is 0 Å². The second kappa shape index (κ2) is 5.47. The number of rotatable bonds is 4. The summed E-state index contributed by atoms with van der Waals surface area (Å²) in [6.45, 7) is 0. The van der Waals surface area contributed by atoms with Gasteiger partial charge in [-0.3, -0.25) is 4.21 Å². The summed E-state index contributed by atoms with van der Waals surface area (Å²) < 4.78 is 28.6. The van der Waals surface area contributed by atoms with Gasteiger partial charge in [0.15, 0.2) is 0 Å². The van der Waals surface area contributed by atoms with E-state index in [0.29, 0.717) is 11.4 Å². The largest absolute Gasteiger partial charge is 0.755 e. The van der Waals surface area contributed by atoms with Gasteiger partial charge < -0.3 is 14.0 Å². The predicted molar refractivity (Wildman–Crippen MR) is 65.5 cm³/mol.